The van der Waals surface area contributed by atoms with E-state index in [1.807, 2.05) is 78.0 Å². The fourth-order valence-electron chi connectivity index (χ4n) is 1.18. The van der Waals surface area contributed by atoms with Gasteiger partial charge in [0, 0.05) is 11.3 Å². The Bertz CT molecular complexity index is 378. The zero-order chi connectivity index (χ0) is 15.1. The van der Waals surface area contributed by atoms with Crippen LogP contribution in [0.25, 0.3) is 0 Å². The van der Waals surface area contributed by atoms with Crippen molar-refractivity contribution in [2.24, 2.45) is 0 Å². The molecule has 0 heterocycles. The highest BCUT2D eigenvalue weighted by molar-refractivity contribution is 5.95. The SMILES string of the molecule is C/C=C\C(=C/C)NC(=O)c1ccccc1.CC.CC. The molecule has 0 radical (unpaired) electrons. The highest BCUT2D eigenvalue weighted by atomic mass is 16.1. The molecule has 1 amide bonds. The summed E-state index contributed by atoms with van der Waals surface area (Å²) in [5.41, 5.74) is 1.48. The zero-order valence-electron chi connectivity index (χ0n) is 13.0. The quantitative estimate of drug-likeness (QED) is 0.766. The lowest BCUT2D eigenvalue weighted by Crippen LogP contribution is -2.21. The fraction of sp³-hybridized carbons (Fsp3) is 0.353. The summed E-state index contributed by atoms with van der Waals surface area (Å²) in [4.78, 5) is 11.7. The van der Waals surface area contributed by atoms with Crippen LogP contribution in [0.3, 0.4) is 0 Å². The molecule has 0 fully saturated rings. The van der Waals surface area contributed by atoms with Crippen molar-refractivity contribution in [1.82, 2.24) is 5.32 Å². The highest BCUT2D eigenvalue weighted by Crippen LogP contribution is 2.00. The van der Waals surface area contributed by atoms with Crippen LogP contribution in [-0.2, 0) is 0 Å². The van der Waals surface area contributed by atoms with E-state index in [9.17, 15) is 4.79 Å². The van der Waals surface area contributed by atoms with Crippen LogP contribution in [0.5, 0.6) is 0 Å². The summed E-state index contributed by atoms with van der Waals surface area (Å²) in [6.45, 7) is 11.8. The van der Waals surface area contributed by atoms with Crippen LogP contribution in [0.2, 0.25) is 0 Å². The molecule has 1 aromatic rings. The summed E-state index contributed by atoms with van der Waals surface area (Å²) in [6.07, 6.45) is 5.61. The molecule has 106 valence electrons. The predicted octanol–water partition coefficient (Wildman–Crippen LogP) is 4.95. The maximum absolute atomic E-state index is 11.7. The van der Waals surface area contributed by atoms with Gasteiger partial charge in [-0.05, 0) is 32.1 Å². The molecule has 0 atom stereocenters. The monoisotopic (exact) mass is 261 g/mol. The van der Waals surface area contributed by atoms with Crippen molar-refractivity contribution in [3.05, 3.63) is 59.8 Å². The number of benzene rings is 1. The van der Waals surface area contributed by atoms with Gasteiger partial charge in [-0.25, -0.2) is 0 Å². The Balaban J connectivity index is 0. The van der Waals surface area contributed by atoms with Crippen LogP contribution in [0.4, 0.5) is 0 Å². The van der Waals surface area contributed by atoms with Crippen LogP contribution in [0.15, 0.2) is 54.3 Å². The van der Waals surface area contributed by atoms with E-state index in [0.717, 1.165) is 5.70 Å². The Kier molecular flexibility index (Phi) is 14.6. The average Bonchev–Trinajstić information content (AvgIpc) is 2.51. The summed E-state index contributed by atoms with van der Waals surface area (Å²) >= 11 is 0. The van der Waals surface area contributed by atoms with Crippen LogP contribution < -0.4 is 5.32 Å². The topological polar surface area (TPSA) is 29.1 Å². The van der Waals surface area contributed by atoms with Crippen molar-refractivity contribution in [3.63, 3.8) is 0 Å². The van der Waals surface area contributed by atoms with E-state index >= 15 is 0 Å². The lowest BCUT2D eigenvalue weighted by atomic mass is 10.2. The first kappa shape index (κ1) is 19.5. The number of carbonyl (C=O) groups excluding carboxylic acids is 1. The first-order chi connectivity index (χ1) is 9.27. The molecule has 0 unspecified atom stereocenters. The minimum Gasteiger partial charge on any atom is -0.322 e. The van der Waals surface area contributed by atoms with E-state index < -0.39 is 0 Å². The smallest absolute Gasteiger partial charge is 0.255 e. The molecule has 0 aromatic heterocycles. The van der Waals surface area contributed by atoms with Gasteiger partial charge in [0.05, 0.1) is 0 Å². The minimum atomic E-state index is -0.0817. The third-order valence-electron chi connectivity index (χ3n) is 1.95. The summed E-state index contributed by atoms with van der Waals surface area (Å²) < 4.78 is 0. The lowest BCUT2D eigenvalue weighted by molar-refractivity contribution is 0.0967. The average molecular weight is 261 g/mol. The lowest BCUT2D eigenvalue weighted by Gasteiger charge is -2.04. The van der Waals surface area contributed by atoms with Crippen molar-refractivity contribution in [2.45, 2.75) is 41.5 Å². The summed E-state index contributed by atoms with van der Waals surface area (Å²) in [5, 5.41) is 2.82. The number of nitrogens with one attached hydrogen (secondary N) is 1. The summed E-state index contributed by atoms with van der Waals surface area (Å²) in [6, 6.07) is 9.16. The first-order valence-corrected chi connectivity index (χ1v) is 6.93. The molecule has 1 aromatic carbocycles. The third-order valence-corrected chi connectivity index (χ3v) is 1.95. The standard InChI is InChI=1S/C13H15NO.2C2H6/c1-3-8-12(4-2)14-13(15)11-9-6-5-7-10-11;2*1-2/h3-10H,1-2H3,(H,14,15);2*1-2H3/b8-3-,12-4+;;. The Morgan fingerprint density at radius 3 is 1.95 bits per heavy atom. The van der Waals surface area contributed by atoms with Gasteiger partial charge in [0.2, 0.25) is 0 Å². The number of hydrogen-bond donors (Lipinski definition) is 1. The summed E-state index contributed by atoms with van der Waals surface area (Å²) in [5.74, 6) is -0.0817. The molecule has 2 heteroatoms. The maximum Gasteiger partial charge on any atom is 0.255 e. The number of allylic oxidation sites excluding steroid dienone is 3. The molecule has 0 spiro atoms. The van der Waals surface area contributed by atoms with Gasteiger partial charge in [0.15, 0.2) is 0 Å². The van der Waals surface area contributed by atoms with Gasteiger partial charge in [-0.15, -0.1) is 0 Å². The number of carbonyl (C=O) groups is 1. The van der Waals surface area contributed by atoms with E-state index in [-0.39, 0.29) is 5.91 Å². The zero-order valence-corrected chi connectivity index (χ0v) is 13.0. The molecule has 2 nitrogen and oxygen atoms in total. The second-order valence-corrected chi connectivity index (χ2v) is 3.06. The molecule has 0 aliphatic rings. The van der Waals surface area contributed by atoms with Crippen molar-refractivity contribution < 1.29 is 4.79 Å². The van der Waals surface area contributed by atoms with Gasteiger partial charge in [-0.2, -0.15) is 0 Å². The van der Waals surface area contributed by atoms with E-state index in [2.05, 4.69) is 5.32 Å². The van der Waals surface area contributed by atoms with Gasteiger partial charge in [0.1, 0.15) is 0 Å². The highest BCUT2D eigenvalue weighted by Gasteiger charge is 2.03. The van der Waals surface area contributed by atoms with Crippen molar-refractivity contribution >= 4 is 5.91 Å². The largest absolute Gasteiger partial charge is 0.322 e. The molecular formula is C17H27NO. The second kappa shape index (κ2) is 14.2. The van der Waals surface area contributed by atoms with Crippen LogP contribution in [-0.4, -0.2) is 5.91 Å². The minimum absolute atomic E-state index is 0.0817. The third kappa shape index (κ3) is 8.83. The molecule has 0 aliphatic carbocycles. The van der Waals surface area contributed by atoms with Gasteiger partial charge in [0.25, 0.3) is 5.91 Å². The van der Waals surface area contributed by atoms with E-state index in [4.69, 9.17) is 0 Å². The molecule has 1 rings (SSSR count). The maximum atomic E-state index is 11.7. The number of amides is 1. The van der Waals surface area contributed by atoms with Crippen LogP contribution in [0.1, 0.15) is 51.9 Å². The van der Waals surface area contributed by atoms with Gasteiger partial charge >= 0.3 is 0 Å². The first-order valence-electron chi connectivity index (χ1n) is 6.93. The number of hydrogen-bond acceptors (Lipinski definition) is 1. The Morgan fingerprint density at radius 2 is 1.53 bits per heavy atom. The van der Waals surface area contributed by atoms with Gasteiger partial charge in [-0.3, -0.25) is 4.79 Å². The van der Waals surface area contributed by atoms with E-state index in [0.29, 0.717) is 5.56 Å². The molecule has 0 saturated heterocycles. The second-order valence-electron chi connectivity index (χ2n) is 3.06. The molecule has 1 N–H and O–H groups in total. The number of rotatable bonds is 3. The van der Waals surface area contributed by atoms with Crippen LogP contribution in [0, 0.1) is 0 Å². The molecule has 0 saturated carbocycles. The van der Waals surface area contributed by atoms with Crippen molar-refractivity contribution in [2.75, 3.05) is 0 Å². The Labute approximate surface area is 118 Å². The molecular weight excluding hydrogens is 234 g/mol. The van der Waals surface area contributed by atoms with Crippen molar-refractivity contribution in [1.29, 1.82) is 0 Å². The van der Waals surface area contributed by atoms with Crippen LogP contribution >= 0.6 is 0 Å². The Morgan fingerprint density at radius 1 is 1.00 bits per heavy atom. The summed E-state index contributed by atoms with van der Waals surface area (Å²) in [7, 11) is 0. The van der Waals surface area contributed by atoms with E-state index in [1.165, 1.54) is 0 Å². The molecule has 0 bridgehead atoms. The molecule has 0 aliphatic heterocycles. The predicted molar refractivity (Wildman–Crippen MR) is 85.2 cm³/mol. The van der Waals surface area contributed by atoms with E-state index in [1.54, 1.807) is 12.1 Å². The molecule has 19 heavy (non-hydrogen) atoms. The fourth-order valence-corrected chi connectivity index (χ4v) is 1.18. The normalized spacial score (nSPS) is 9.89. The van der Waals surface area contributed by atoms with Crippen molar-refractivity contribution in [3.8, 4) is 0 Å². The Hall–Kier alpha value is -1.83. The van der Waals surface area contributed by atoms with Gasteiger partial charge < -0.3 is 5.32 Å². The van der Waals surface area contributed by atoms with Gasteiger partial charge in [-0.1, -0.05) is 58.0 Å².